The number of hydrogen-bond donors (Lipinski definition) is 2. The number of carbonyl (C=O) groups is 4. The lowest BCUT2D eigenvalue weighted by molar-refractivity contribution is -0.140. The minimum absolute atomic E-state index is 0.0696. The van der Waals surface area contributed by atoms with E-state index in [0.717, 1.165) is 17.5 Å². The third kappa shape index (κ3) is 7.95. The fourth-order valence-electron chi connectivity index (χ4n) is 4.95. The predicted molar refractivity (Wildman–Crippen MR) is 145 cm³/mol. The van der Waals surface area contributed by atoms with Crippen LogP contribution in [0.4, 0.5) is 4.79 Å². The maximum atomic E-state index is 13.2. The molecule has 2 atom stereocenters. The minimum atomic E-state index is -0.631. The molecule has 2 heterocycles. The molecule has 2 fully saturated rings. The molecule has 3 rings (SSSR count). The fourth-order valence-corrected chi connectivity index (χ4v) is 4.95. The number of likely N-dealkylation sites (tertiary alicyclic amines) is 2. The van der Waals surface area contributed by atoms with Gasteiger partial charge in [0.2, 0.25) is 17.7 Å². The first-order valence-corrected chi connectivity index (χ1v) is 13.8. The van der Waals surface area contributed by atoms with E-state index in [2.05, 4.69) is 10.6 Å². The Hall–Kier alpha value is -3.10. The minimum Gasteiger partial charge on any atom is -0.444 e. The monoisotopic (exact) mass is 528 g/mol. The number of nitrogens with zero attached hydrogens (tertiary/aromatic N) is 2. The number of carbonyl (C=O) groups excluding carboxylic acids is 4. The molecular formula is C29H44N4O5. The number of rotatable bonds is 7. The van der Waals surface area contributed by atoms with Crippen molar-refractivity contribution in [3.63, 3.8) is 0 Å². The SMILES string of the molecule is Cc1ccc(CNC(=O)[C@@H](NC(=O)C2CCN(C(=O)[C@H]3CCCN3C(=O)OC(C)(C)C)CC2)C(C)C)cc1. The molecule has 210 valence electrons. The zero-order valence-electron chi connectivity index (χ0n) is 23.7. The number of amides is 4. The van der Waals surface area contributed by atoms with Crippen LogP contribution in [0.15, 0.2) is 24.3 Å². The summed E-state index contributed by atoms with van der Waals surface area (Å²) in [5.74, 6) is -0.777. The molecule has 0 aromatic heterocycles. The van der Waals surface area contributed by atoms with Gasteiger partial charge in [0, 0.05) is 32.1 Å². The van der Waals surface area contributed by atoms with Crippen LogP contribution >= 0.6 is 0 Å². The highest BCUT2D eigenvalue weighted by Gasteiger charge is 2.40. The summed E-state index contributed by atoms with van der Waals surface area (Å²) in [6.07, 6.45) is 1.96. The Labute approximate surface area is 226 Å². The van der Waals surface area contributed by atoms with Crippen molar-refractivity contribution in [1.29, 1.82) is 0 Å². The first-order chi connectivity index (χ1) is 17.9. The van der Waals surface area contributed by atoms with Gasteiger partial charge in [0.15, 0.2) is 0 Å². The standard InChI is InChI=1S/C29H44N4O5/c1-19(2)24(26(35)30-18-21-11-9-20(3)10-12-21)31-25(34)22-13-16-32(17-14-22)27(36)23-8-7-15-33(23)28(37)38-29(4,5)6/h9-12,19,22-24H,7-8,13-18H2,1-6H3,(H,30,35)(H,31,34)/t23-,24+/m1/s1. The van der Waals surface area contributed by atoms with Gasteiger partial charge in [-0.1, -0.05) is 43.7 Å². The summed E-state index contributed by atoms with van der Waals surface area (Å²) in [5.41, 5.74) is 1.54. The van der Waals surface area contributed by atoms with Crippen LogP contribution in [0.25, 0.3) is 0 Å². The maximum Gasteiger partial charge on any atom is 0.410 e. The summed E-state index contributed by atoms with van der Waals surface area (Å²) in [5, 5.41) is 5.89. The summed E-state index contributed by atoms with van der Waals surface area (Å²) in [4.78, 5) is 55.1. The van der Waals surface area contributed by atoms with E-state index in [1.165, 1.54) is 4.90 Å². The zero-order chi connectivity index (χ0) is 28.0. The van der Waals surface area contributed by atoms with Gasteiger partial charge in [-0.25, -0.2) is 4.79 Å². The topological polar surface area (TPSA) is 108 Å². The summed E-state index contributed by atoms with van der Waals surface area (Å²) >= 11 is 0. The predicted octanol–water partition coefficient (Wildman–Crippen LogP) is 3.39. The Kier molecular flexibility index (Phi) is 9.79. The van der Waals surface area contributed by atoms with E-state index < -0.39 is 23.8 Å². The number of piperidine rings is 1. The van der Waals surface area contributed by atoms with Crippen molar-refractivity contribution in [2.24, 2.45) is 11.8 Å². The van der Waals surface area contributed by atoms with Crippen molar-refractivity contribution in [3.8, 4) is 0 Å². The number of benzene rings is 1. The lowest BCUT2D eigenvalue weighted by atomic mass is 9.94. The first kappa shape index (κ1) is 29.5. The largest absolute Gasteiger partial charge is 0.444 e. The molecule has 1 aromatic carbocycles. The molecule has 9 nitrogen and oxygen atoms in total. The second kappa shape index (κ2) is 12.6. The van der Waals surface area contributed by atoms with Crippen molar-refractivity contribution in [1.82, 2.24) is 20.4 Å². The Morgan fingerprint density at radius 3 is 2.21 bits per heavy atom. The van der Waals surface area contributed by atoms with E-state index in [1.807, 2.05) is 65.8 Å². The van der Waals surface area contributed by atoms with Crippen LogP contribution in [0.3, 0.4) is 0 Å². The molecule has 0 spiro atoms. The molecule has 4 amide bonds. The van der Waals surface area contributed by atoms with Crippen LogP contribution in [-0.4, -0.2) is 70.9 Å². The Morgan fingerprint density at radius 2 is 1.63 bits per heavy atom. The van der Waals surface area contributed by atoms with E-state index in [1.54, 1.807) is 4.90 Å². The van der Waals surface area contributed by atoms with E-state index in [-0.39, 0.29) is 29.6 Å². The molecule has 0 aliphatic carbocycles. The molecule has 0 bridgehead atoms. The average molecular weight is 529 g/mol. The molecule has 38 heavy (non-hydrogen) atoms. The molecule has 2 aliphatic rings. The van der Waals surface area contributed by atoms with E-state index in [0.29, 0.717) is 45.4 Å². The van der Waals surface area contributed by atoms with Crippen molar-refractivity contribution in [2.45, 2.75) is 91.5 Å². The lowest BCUT2D eigenvalue weighted by Gasteiger charge is -2.36. The zero-order valence-corrected chi connectivity index (χ0v) is 23.7. The van der Waals surface area contributed by atoms with Gasteiger partial charge in [-0.3, -0.25) is 19.3 Å². The summed E-state index contributed by atoms with van der Waals surface area (Å²) in [6, 6.07) is 6.81. The van der Waals surface area contributed by atoms with E-state index in [9.17, 15) is 19.2 Å². The van der Waals surface area contributed by atoms with Gasteiger partial charge in [0.1, 0.15) is 17.7 Å². The summed E-state index contributed by atoms with van der Waals surface area (Å²) in [6.45, 7) is 13.1. The fraction of sp³-hybridized carbons (Fsp3) is 0.655. The van der Waals surface area contributed by atoms with Gasteiger partial charge in [-0.2, -0.15) is 0 Å². The first-order valence-electron chi connectivity index (χ1n) is 13.8. The molecule has 0 saturated carbocycles. The van der Waals surface area contributed by atoms with Crippen molar-refractivity contribution in [3.05, 3.63) is 35.4 Å². The van der Waals surface area contributed by atoms with E-state index in [4.69, 9.17) is 4.74 Å². The summed E-state index contributed by atoms with van der Waals surface area (Å²) < 4.78 is 5.49. The number of ether oxygens (including phenoxy) is 1. The number of nitrogens with one attached hydrogen (secondary N) is 2. The van der Waals surface area contributed by atoms with Crippen LogP contribution in [-0.2, 0) is 25.7 Å². The van der Waals surface area contributed by atoms with Gasteiger partial charge in [-0.15, -0.1) is 0 Å². The molecule has 2 saturated heterocycles. The average Bonchev–Trinajstić information content (AvgIpc) is 3.35. The highest BCUT2D eigenvalue weighted by Crippen LogP contribution is 2.25. The third-order valence-electron chi connectivity index (χ3n) is 7.18. The molecule has 9 heteroatoms. The smallest absolute Gasteiger partial charge is 0.410 e. The van der Waals surface area contributed by atoms with Gasteiger partial charge in [-0.05, 0) is 64.9 Å². The quantitative estimate of drug-likeness (QED) is 0.564. The second-order valence-corrected chi connectivity index (χ2v) is 11.9. The molecule has 2 aliphatic heterocycles. The maximum absolute atomic E-state index is 13.2. The molecule has 2 N–H and O–H groups in total. The van der Waals surface area contributed by atoms with Gasteiger partial charge in [0.25, 0.3) is 0 Å². The molecule has 1 aromatic rings. The lowest BCUT2D eigenvalue weighted by Crippen LogP contribution is -2.54. The normalized spacial score (nSPS) is 19.3. The Balaban J connectivity index is 1.50. The highest BCUT2D eigenvalue weighted by molar-refractivity contribution is 5.89. The van der Waals surface area contributed by atoms with Crippen molar-refractivity contribution < 1.29 is 23.9 Å². The van der Waals surface area contributed by atoms with Crippen molar-refractivity contribution in [2.75, 3.05) is 19.6 Å². The highest BCUT2D eigenvalue weighted by atomic mass is 16.6. The van der Waals surface area contributed by atoms with Crippen LogP contribution < -0.4 is 10.6 Å². The number of aryl methyl sites for hydroxylation is 1. The Morgan fingerprint density at radius 1 is 1.00 bits per heavy atom. The summed E-state index contributed by atoms with van der Waals surface area (Å²) in [7, 11) is 0. The second-order valence-electron chi connectivity index (χ2n) is 11.9. The van der Waals surface area contributed by atoms with Crippen molar-refractivity contribution >= 4 is 23.8 Å². The van der Waals surface area contributed by atoms with Gasteiger partial charge < -0.3 is 20.3 Å². The van der Waals surface area contributed by atoms with Gasteiger partial charge in [0.05, 0.1) is 0 Å². The number of hydrogen-bond acceptors (Lipinski definition) is 5. The van der Waals surface area contributed by atoms with Crippen LogP contribution in [0.5, 0.6) is 0 Å². The van der Waals surface area contributed by atoms with Gasteiger partial charge >= 0.3 is 6.09 Å². The molecule has 0 unspecified atom stereocenters. The van der Waals surface area contributed by atoms with Crippen LogP contribution in [0.1, 0.15) is 71.4 Å². The Bertz CT molecular complexity index is 993. The molecule has 0 radical (unpaired) electrons. The van der Waals surface area contributed by atoms with Crippen LogP contribution in [0.2, 0.25) is 0 Å². The van der Waals surface area contributed by atoms with E-state index >= 15 is 0 Å². The molecular weight excluding hydrogens is 484 g/mol. The van der Waals surface area contributed by atoms with Crippen LogP contribution in [0, 0.1) is 18.8 Å². The third-order valence-corrected chi connectivity index (χ3v) is 7.18.